The van der Waals surface area contributed by atoms with Gasteiger partial charge in [-0.2, -0.15) is 4.98 Å². The number of anilines is 1. The van der Waals surface area contributed by atoms with Crippen molar-refractivity contribution < 1.29 is 9.26 Å². The van der Waals surface area contributed by atoms with Gasteiger partial charge in [0.1, 0.15) is 5.60 Å². The Bertz CT molecular complexity index is 560. The predicted molar refractivity (Wildman–Crippen MR) is 70.8 cm³/mol. The van der Waals surface area contributed by atoms with E-state index in [2.05, 4.69) is 15.1 Å². The number of nitrogen functional groups attached to an aromatic ring is 1. The molecule has 1 saturated carbocycles. The van der Waals surface area contributed by atoms with Gasteiger partial charge in [-0.25, -0.2) is 4.98 Å². The van der Waals surface area contributed by atoms with Crippen LogP contribution < -0.4 is 5.73 Å². The summed E-state index contributed by atoms with van der Waals surface area (Å²) in [6.45, 7) is 0. The largest absolute Gasteiger partial charge is 0.375 e. The van der Waals surface area contributed by atoms with E-state index in [0.29, 0.717) is 23.3 Å². The van der Waals surface area contributed by atoms with Crippen molar-refractivity contribution in [1.29, 1.82) is 0 Å². The highest BCUT2D eigenvalue weighted by molar-refractivity contribution is 7.13. The van der Waals surface area contributed by atoms with Crippen molar-refractivity contribution in [3.05, 3.63) is 22.8 Å². The first-order chi connectivity index (χ1) is 9.22. The Labute approximate surface area is 115 Å². The molecular weight excluding hydrogens is 264 g/mol. The van der Waals surface area contributed by atoms with E-state index in [1.807, 2.05) is 5.38 Å². The molecule has 0 bridgehead atoms. The van der Waals surface area contributed by atoms with Gasteiger partial charge in [0.25, 0.3) is 0 Å². The second-order valence-electron chi connectivity index (χ2n) is 4.77. The predicted octanol–water partition coefficient (Wildman–Crippen LogP) is 2.11. The molecule has 0 spiro atoms. The number of nitrogens with zero attached hydrogens (tertiary/aromatic N) is 3. The first-order valence-electron chi connectivity index (χ1n) is 6.30. The summed E-state index contributed by atoms with van der Waals surface area (Å²) in [6, 6.07) is 0. The summed E-state index contributed by atoms with van der Waals surface area (Å²) in [5.74, 6) is 1.22. The van der Waals surface area contributed by atoms with Crippen molar-refractivity contribution in [2.24, 2.45) is 0 Å². The first kappa shape index (κ1) is 12.6. The Balaban J connectivity index is 1.79. The fourth-order valence-electron chi connectivity index (χ4n) is 2.54. The van der Waals surface area contributed by atoms with Gasteiger partial charge in [0.2, 0.25) is 11.7 Å². The lowest BCUT2D eigenvalue weighted by molar-refractivity contribution is -0.0178. The number of rotatable bonds is 4. The Morgan fingerprint density at radius 1 is 1.42 bits per heavy atom. The lowest BCUT2D eigenvalue weighted by Crippen LogP contribution is -2.26. The molecule has 1 fully saturated rings. The van der Waals surface area contributed by atoms with Crippen LogP contribution in [-0.4, -0.2) is 22.2 Å². The van der Waals surface area contributed by atoms with Gasteiger partial charge in [-0.3, -0.25) is 0 Å². The molecule has 1 aliphatic rings. The second-order valence-corrected chi connectivity index (χ2v) is 5.66. The molecule has 0 aromatic carbocycles. The van der Waals surface area contributed by atoms with E-state index in [4.69, 9.17) is 15.0 Å². The summed E-state index contributed by atoms with van der Waals surface area (Å²) < 4.78 is 10.9. The van der Waals surface area contributed by atoms with E-state index in [9.17, 15) is 0 Å². The average Bonchev–Trinajstić information content (AvgIpc) is 3.11. The Morgan fingerprint density at radius 3 is 2.84 bits per heavy atom. The quantitative estimate of drug-likeness (QED) is 0.923. The minimum atomic E-state index is -0.358. The Kier molecular flexibility index (Phi) is 3.24. The highest BCUT2D eigenvalue weighted by atomic mass is 32.1. The van der Waals surface area contributed by atoms with Crippen molar-refractivity contribution in [3.63, 3.8) is 0 Å². The zero-order valence-electron chi connectivity index (χ0n) is 10.8. The third kappa shape index (κ3) is 2.35. The molecule has 0 unspecified atom stereocenters. The van der Waals surface area contributed by atoms with E-state index in [1.165, 1.54) is 11.3 Å². The van der Waals surface area contributed by atoms with Gasteiger partial charge in [-0.15, -0.1) is 11.3 Å². The standard InChI is InChI=1S/C12H16N4O2S/c1-17-12(4-2-3-5-12)10-15-9(18-16-10)6-8-7-19-11(13)14-8/h7H,2-6H2,1H3,(H2,13,14). The highest BCUT2D eigenvalue weighted by Gasteiger charge is 2.40. The van der Waals surface area contributed by atoms with Crippen molar-refractivity contribution >= 4 is 16.5 Å². The van der Waals surface area contributed by atoms with Crippen LogP contribution in [0.2, 0.25) is 0 Å². The molecule has 2 aromatic rings. The lowest BCUT2D eigenvalue weighted by atomic mass is 10.0. The summed E-state index contributed by atoms with van der Waals surface area (Å²) in [7, 11) is 1.71. The van der Waals surface area contributed by atoms with Gasteiger partial charge in [0.15, 0.2) is 5.13 Å². The zero-order valence-corrected chi connectivity index (χ0v) is 11.6. The summed E-state index contributed by atoms with van der Waals surface area (Å²) >= 11 is 1.41. The molecule has 2 N–H and O–H groups in total. The topological polar surface area (TPSA) is 87.1 Å². The molecule has 0 atom stereocenters. The van der Waals surface area contributed by atoms with Crippen LogP contribution in [-0.2, 0) is 16.8 Å². The van der Waals surface area contributed by atoms with Gasteiger partial charge < -0.3 is 15.0 Å². The maximum atomic E-state index is 5.63. The average molecular weight is 280 g/mol. The van der Waals surface area contributed by atoms with E-state index in [1.54, 1.807) is 7.11 Å². The normalized spacial score (nSPS) is 17.9. The lowest BCUT2D eigenvalue weighted by Gasteiger charge is -2.22. The van der Waals surface area contributed by atoms with Gasteiger partial charge >= 0.3 is 0 Å². The maximum absolute atomic E-state index is 5.63. The Morgan fingerprint density at radius 2 is 2.21 bits per heavy atom. The van der Waals surface area contributed by atoms with Crippen LogP contribution in [0.5, 0.6) is 0 Å². The zero-order chi connectivity index (χ0) is 13.3. The van der Waals surface area contributed by atoms with E-state index < -0.39 is 0 Å². The minimum Gasteiger partial charge on any atom is -0.375 e. The maximum Gasteiger partial charge on any atom is 0.232 e. The Hall–Kier alpha value is -1.47. The summed E-state index contributed by atoms with van der Waals surface area (Å²) in [5, 5.41) is 6.54. The summed E-state index contributed by atoms with van der Waals surface area (Å²) in [6.07, 6.45) is 4.69. The molecule has 6 nitrogen and oxygen atoms in total. The molecule has 2 aromatic heterocycles. The van der Waals surface area contributed by atoms with Crippen LogP contribution in [0.4, 0.5) is 5.13 Å². The fraction of sp³-hybridized carbons (Fsp3) is 0.583. The molecule has 1 aliphatic carbocycles. The summed E-state index contributed by atoms with van der Waals surface area (Å²) in [5.41, 5.74) is 6.10. The van der Waals surface area contributed by atoms with E-state index in [0.717, 1.165) is 31.4 Å². The molecule has 0 aliphatic heterocycles. The molecular formula is C12H16N4O2S. The number of thiazole rings is 1. The van der Waals surface area contributed by atoms with Crippen molar-refractivity contribution in [1.82, 2.24) is 15.1 Å². The number of nitrogens with two attached hydrogens (primary N) is 1. The van der Waals surface area contributed by atoms with Crippen LogP contribution in [0.1, 0.15) is 43.1 Å². The minimum absolute atomic E-state index is 0.358. The van der Waals surface area contributed by atoms with Gasteiger partial charge in [0, 0.05) is 12.5 Å². The van der Waals surface area contributed by atoms with Crippen LogP contribution in [0.25, 0.3) is 0 Å². The summed E-state index contributed by atoms with van der Waals surface area (Å²) in [4.78, 5) is 8.65. The number of hydrogen-bond acceptors (Lipinski definition) is 7. The molecule has 3 rings (SSSR count). The van der Waals surface area contributed by atoms with Crippen molar-refractivity contribution in [2.45, 2.75) is 37.7 Å². The molecule has 2 heterocycles. The fourth-order valence-corrected chi connectivity index (χ4v) is 3.10. The van der Waals surface area contributed by atoms with Gasteiger partial charge in [-0.05, 0) is 25.7 Å². The molecule has 19 heavy (non-hydrogen) atoms. The van der Waals surface area contributed by atoms with E-state index >= 15 is 0 Å². The molecule has 0 radical (unpaired) electrons. The van der Waals surface area contributed by atoms with Crippen molar-refractivity contribution in [2.75, 3.05) is 12.8 Å². The third-order valence-electron chi connectivity index (χ3n) is 3.58. The first-order valence-corrected chi connectivity index (χ1v) is 7.18. The number of ether oxygens (including phenoxy) is 1. The van der Waals surface area contributed by atoms with Crippen LogP contribution >= 0.6 is 11.3 Å². The number of aromatic nitrogens is 3. The SMILES string of the molecule is COC1(c2noc(Cc3csc(N)n3)n2)CCCC1. The van der Waals surface area contributed by atoms with Crippen LogP contribution in [0.15, 0.2) is 9.90 Å². The third-order valence-corrected chi connectivity index (χ3v) is 4.30. The van der Waals surface area contributed by atoms with Gasteiger partial charge in [0.05, 0.1) is 12.1 Å². The van der Waals surface area contributed by atoms with Gasteiger partial charge in [-0.1, -0.05) is 5.16 Å². The monoisotopic (exact) mass is 280 g/mol. The highest BCUT2D eigenvalue weighted by Crippen LogP contribution is 2.40. The van der Waals surface area contributed by atoms with Crippen molar-refractivity contribution in [3.8, 4) is 0 Å². The molecule has 7 heteroatoms. The van der Waals surface area contributed by atoms with Crippen LogP contribution in [0, 0.1) is 0 Å². The second kappa shape index (κ2) is 4.90. The molecule has 0 amide bonds. The smallest absolute Gasteiger partial charge is 0.232 e. The molecule has 0 saturated heterocycles. The van der Waals surface area contributed by atoms with E-state index in [-0.39, 0.29) is 5.60 Å². The molecule has 102 valence electrons. The number of methoxy groups -OCH3 is 1. The number of hydrogen-bond donors (Lipinski definition) is 1. The van der Waals surface area contributed by atoms with Crippen LogP contribution in [0.3, 0.4) is 0 Å².